The molecular weight excluding hydrogens is 392 g/mol. The minimum absolute atomic E-state index is 0.513. The molecule has 0 amide bonds. The fourth-order valence-electron chi connectivity index (χ4n) is 2.94. The first-order chi connectivity index (χ1) is 15.2. The van der Waals surface area contributed by atoms with E-state index in [1.54, 1.807) is 13.3 Å². The highest BCUT2D eigenvalue weighted by Gasteiger charge is 2.04. The maximum atomic E-state index is 5.77. The van der Waals surface area contributed by atoms with Gasteiger partial charge in [0.15, 0.2) is 5.96 Å². The van der Waals surface area contributed by atoms with Gasteiger partial charge in [-0.25, -0.2) is 15.0 Å². The molecule has 2 N–H and O–H groups in total. The number of methoxy groups -OCH3 is 1. The zero-order valence-electron chi connectivity index (χ0n) is 18.3. The summed E-state index contributed by atoms with van der Waals surface area (Å²) in [5.74, 6) is 3.26. The summed E-state index contributed by atoms with van der Waals surface area (Å²) < 4.78 is 12.8. The number of nitrogens with zero attached hydrogens (tertiary/aromatic N) is 4. The van der Waals surface area contributed by atoms with Crippen LogP contribution in [0.1, 0.15) is 24.7 Å². The van der Waals surface area contributed by atoms with Crippen molar-refractivity contribution in [1.29, 1.82) is 0 Å². The van der Waals surface area contributed by atoms with E-state index in [0.29, 0.717) is 25.7 Å². The monoisotopic (exact) mass is 422 g/mol. The predicted octanol–water partition coefficient (Wildman–Crippen LogP) is 3.57. The molecule has 2 heterocycles. The molecule has 0 unspecified atom stereocenters. The molecule has 0 radical (unpaired) electrons. The van der Waals surface area contributed by atoms with E-state index in [0.717, 1.165) is 41.6 Å². The molecule has 0 aliphatic heterocycles. The van der Waals surface area contributed by atoms with Gasteiger partial charge in [0.05, 0.1) is 13.2 Å². The van der Waals surface area contributed by atoms with Crippen LogP contribution in [0.4, 0.5) is 5.69 Å². The topological polar surface area (TPSA) is 85.6 Å². The zero-order chi connectivity index (χ0) is 21.9. The quantitative estimate of drug-likeness (QED) is 0.295. The van der Waals surface area contributed by atoms with Gasteiger partial charge in [-0.1, -0.05) is 12.1 Å². The van der Waals surface area contributed by atoms with Crippen molar-refractivity contribution >= 4 is 11.6 Å². The van der Waals surface area contributed by atoms with E-state index >= 15 is 0 Å². The number of benzene rings is 1. The molecule has 164 valence electrons. The van der Waals surface area contributed by atoms with E-state index in [2.05, 4.69) is 25.6 Å². The maximum Gasteiger partial charge on any atom is 0.196 e. The Balaban J connectivity index is 1.62. The van der Waals surface area contributed by atoms with E-state index in [9.17, 15) is 0 Å². The van der Waals surface area contributed by atoms with Crippen LogP contribution in [-0.2, 0) is 11.3 Å². The SMILES string of the molecule is CCNC(=NCc1ccc(-n2ccnc2C)nc1)Nc1cccc(OCCCOC)c1. The third-order valence-corrected chi connectivity index (χ3v) is 4.50. The summed E-state index contributed by atoms with van der Waals surface area (Å²) in [6.07, 6.45) is 6.36. The summed E-state index contributed by atoms with van der Waals surface area (Å²) in [4.78, 5) is 13.4. The molecule has 0 saturated heterocycles. The van der Waals surface area contributed by atoms with Gasteiger partial charge in [-0.05, 0) is 37.6 Å². The van der Waals surface area contributed by atoms with E-state index in [1.165, 1.54) is 0 Å². The van der Waals surface area contributed by atoms with Gasteiger partial charge in [0, 0.05) is 57.0 Å². The number of aliphatic imine (C=N–C) groups is 1. The van der Waals surface area contributed by atoms with E-state index in [-0.39, 0.29) is 0 Å². The van der Waals surface area contributed by atoms with Crippen molar-refractivity contribution in [2.75, 3.05) is 32.2 Å². The van der Waals surface area contributed by atoms with Crippen LogP contribution in [0, 0.1) is 6.92 Å². The second kappa shape index (κ2) is 11.7. The Morgan fingerprint density at radius 1 is 1.16 bits per heavy atom. The van der Waals surface area contributed by atoms with Crippen molar-refractivity contribution in [3.63, 3.8) is 0 Å². The summed E-state index contributed by atoms with van der Waals surface area (Å²) in [5.41, 5.74) is 1.93. The summed E-state index contributed by atoms with van der Waals surface area (Å²) in [6.45, 7) is 6.57. The molecule has 0 aliphatic carbocycles. The number of anilines is 1. The average molecular weight is 423 g/mol. The Kier molecular flexibility index (Phi) is 8.42. The van der Waals surface area contributed by atoms with Gasteiger partial charge in [0.25, 0.3) is 0 Å². The second-order valence-corrected chi connectivity index (χ2v) is 6.91. The highest BCUT2D eigenvalue weighted by molar-refractivity contribution is 5.93. The standard InChI is InChI=1S/C23H30N6O2/c1-4-24-23(28-20-7-5-8-21(15-20)31-14-6-13-30-3)27-17-19-9-10-22(26-16-19)29-12-11-25-18(29)2/h5,7-12,15-16H,4,6,13-14,17H2,1-3H3,(H2,24,27,28). The normalized spacial score (nSPS) is 11.4. The lowest BCUT2D eigenvalue weighted by Gasteiger charge is -2.13. The molecule has 3 aromatic rings. The number of hydrogen-bond acceptors (Lipinski definition) is 5. The Morgan fingerprint density at radius 3 is 2.77 bits per heavy atom. The number of imidazole rings is 1. The molecule has 0 atom stereocenters. The smallest absolute Gasteiger partial charge is 0.196 e. The van der Waals surface area contributed by atoms with Crippen molar-refractivity contribution in [2.45, 2.75) is 26.8 Å². The van der Waals surface area contributed by atoms with Crippen LogP contribution < -0.4 is 15.4 Å². The van der Waals surface area contributed by atoms with Crippen molar-refractivity contribution in [1.82, 2.24) is 19.9 Å². The largest absolute Gasteiger partial charge is 0.493 e. The summed E-state index contributed by atoms with van der Waals surface area (Å²) in [7, 11) is 1.69. The Bertz CT molecular complexity index is 968. The predicted molar refractivity (Wildman–Crippen MR) is 123 cm³/mol. The Hall–Kier alpha value is -3.39. The van der Waals surface area contributed by atoms with Crippen LogP contribution >= 0.6 is 0 Å². The molecule has 3 rings (SSSR count). The van der Waals surface area contributed by atoms with Gasteiger partial charge in [-0.3, -0.25) is 4.57 Å². The molecular formula is C23H30N6O2. The molecule has 8 heteroatoms. The lowest BCUT2D eigenvalue weighted by Crippen LogP contribution is -2.30. The minimum atomic E-state index is 0.513. The van der Waals surface area contributed by atoms with Gasteiger partial charge < -0.3 is 20.1 Å². The summed E-state index contributed by atoms with van der Waals surface area (Å²) >= 11 is 0. The summed E-state index contributed by atoms with van der Waals surface area (Å²) in [5, 5.41) is 6.61. The van der Waals surface area contributed by atoms with Crippen LogP contribution in [0.15, 0.2) is 60.0 Å². The average Bonchev–Trinajstić information content (AvgIpc) is 3.22. The fourth-order valence-corrected chi connectivity index (χ4v) is 2.94. The number of guanidine groups is 1. The van der Waals surface area contributed by atoms with Crippen LogP contribution in [-0.4, -0.2) is 47.4 Å². The highest BCUT2D eigenvalue weighted by Crippen LogP contribution is 2.17. The molecule has 8 nitrogen and oxygen atoms in total. The third-order valence-electron chi connectivity index (χ3n) is 4.50. The van der Waals surface area contributed by atoms with E-state index < -0.39 is 0 Å². The third kappa shape index (κ3) is 6.82. The number of pyridine rings is 1. The Morgan fingerprint density at radius 2 is 2.06 bits per heavy atom. The van der Waals surface area contributed by atoms with Gasteiger partial charge in [-0.15, -0.1) is 0 Å². The van der Waals surface area contributed by atoms with Gasteiger partial charge in [0.1, 0.15) is 17.4 Å². The Labute approximate surface area is 183 Å². The highest BCUT2D eigenvalue weighted by atomic mass is 16.5. The first kappa shape index (κ1) is 22.3. The number of nitrogens with one attached hydrogen (secondary N) is 2. The molecule has 0 spiro atoms. The van der Waals surface area contributed by atoms with Gasteiger partial charge in [-0.2, -0.15) is 0 Å². The molecule has 31 heavy (non-hydrogen) atoms. The fraction of sp³-hybridized carbons (Fsp3) is 0.348. The second-order valence-electron chi connectivity index (χ2n) is 6.91. The lowest BCUT2D eigenvalue weighted by atomic mass is 10.3. The molecule has 0 fully saturated rings. The number of aromatic nitrogens is 3. The molecule has 2 aromatic heterocycles. The molecule has 0 aliphatic rings. The first-order valence-electron chi connectivity index (χ1n) is 10.4. The van der Waals surface area contributed by atoms with Crippen LogP contribution in [0.25, 0.3) is 5.82 Å². The van der Waals surface area contributed by atoms with Crippen LogP contribution in [0.3, 0.4) is 0 Å². The van der Waals surface area contributed by atoms with E-state index in [4.69, 9.17) is 9.47 Å². The maximum absolute atomic E-state index is 5.77. The zero-order valence-corrected chi connectivity index (χ0v) is 18.3. The van der Waals surface area contributed by atoms with Crippen LogP contribution in [0.5, 0.6) is 5.75 Å². The molecule has 0 saturated carbocycles. The van der Waals surface area contributed by atoms with E-state index in [1.807, 2.05) is 67.2 Å². The number of hydrogen-bond donors (Lipinski definition) is 2. The number of ether oxygens (including phenoxy) is 2. The van der Waals surface area contributed by atoms with Crippen molar-refractivity contribution in [3.05, 3.63) is 66.4 Å². The molecule has 0 bridgehead atoms. The number of aryl methyl sites for hydroxylation is 1. The first-order valence-corrected chi connectivity index (χ1v) is 10.4. The van der Waals surface area contributed by atoms with Crippen molar-refractivity contribution < 1.29 is 9.47 Å². The van der Waals surface area contributed by atoms with Gasteiger partial charge >= 0.3 is 0 Å². The van der Waals surface area contributed by atoms with Crippen molar-refractivity contribution in [2.24, 2.45) is 4.99 Å². The van der Waals surface area contributed by atoms with Crippen LogP contribution in [0.2, 0.25) is 0 Å². The van der Waals surface area contributed by atoms with Gasteiger partial charge in [0.2, 0.25) is 0 Å². The minimum Gasteiger partial charge on any atom is -0.493 e. The number of rotatable bonds is 10. The van der Waals surface area contributed by atoms with Crippen molar-refractivity contribution in [3.8, 4) is 11.6 Å². The lowest BCUT2D eigenvalue weighted by molar-refractivity contribution is 0.172. The summed E-state index contributed by atoms with van der Waals surface area (Å²) in [6, 6.07) is 11.9. The molecule has 1 aromatic carbocycles.